The molecule has 1 heterocycles. The molecule has 10 heteroatoms. The van der Waals surface area contributed by atoms with E-state index in [9.17, 15) is 21.6 Å². The molecular weight excluding hydrogens is 308 g/mol. The minimum absolute atomic E-state index is 0.0286. The fourth-order valence-electron chi connectivity index (χ4n) is 1.87. The Morgan fingerprint density at radius 2 is 1.60 bits per heavy atom. The third kappa shape index (κ3) is 6.16. The molecule has 0 spiro atoms. The van der Waals surface area contributed by atoms with E-state index in [0.717, 1.165) is 6.26 Å². The lowest BCUT2D eigenvalue weighted by molar-refractivity contribution is -0.137. The molecule has 118 valence electrons. The number of hydrogen-bond donors (Lipinski definition) is 1. The van der Waals surface area contributed by atoms with Gasteiger partial charge in [-0.1, -0.05) is 0 Å². The monoisotopic (exact) mass is 328 g/mol. The Balaban J connectivity index is 2.45. The van der Waals surface area contributed by atoms with Crippen LogP contribution in [-0.4, -0.2) is 87.6 Å². The average Bonchev–Trinajstić information content (AvgIpc) is 2.34. The van der Waals surface area contributed by atoms with Gasteiger partial charge in [-0.05, 0) is 0 Å². The van der Waals surface area contributed by atoms with Gasteiger partial charge in [-0.25, -0.2) is 16.8 Å². The van der Waals surface area contributed by atoms with Crippen molar-refractivity contribution in [1.82, 2.24) is 9.21 Å². The maximum atomic E-state index is 12.0. The van der Waals surface area contributed by atoms with Crippen LogP contribution < -0.4 is 0 Å². The average molecular weight is 328 g/mol. The van der Waals surface area contributed by atoms with Crippen LogP contribution in [0.4, 0.5) is 0 Å². The molecule has 0 bridgehead atoms. The number of aliphatic carboxylic acids is 1. The van der Waals surface area contributed by atoms with Crippen LogP contribution in [0.3, 0.4) is 0 Å². The smallest absolute Gasteiger partial charge is 0.304 e. The highest BCUT2D eigenvalue weighted by Crippen LogP contribution is 2.09. The zero-order valence-electron chi connectivity index (χ0n) is 11.4. The van der Waals surface area contributed by atoms with Gasteiger partial charge in [0.2, 0.25) is 10.0 Å². The number of carboxylic acids is 1. The molecule has 1 rings (SSSR count). The van der Waals surface area contributed by atoms with Gasteiger partial charge in [0.05, 0.1) is 17.9 Å². The van der Waals surface area contributed by atoms with Gasteiger partial charge in [-0.3, -0.25) is 4.79 Å². The molecule has 0 amide bonds. The third-order valence-electron chi connectivity index (χ3n) is 3.08. The van der Waals surface area contributed by atoms with Gasteiger partial charge >= 0.3 is 5.97 Å². The van der Waals surface area contributed by atoms with Crippen molar-refractivity contribution in [1.29, 1.82) is 0 Å². The lowest BCUT2D eigenvalue weighted by Crippen LogP contribution is -2.50. The molecule has 0 aromatic rings. The first-order valence-corrected chi connectivity index (χ1v) is 9.87. The Hall–Kier alpha value is -0.710. The summed E-state index contributed by atoms with van der Waals surface area (Å²) in [5.41, 5.74) is 0. The Morgan fingerprint density at radius 1 is 1.05 bits per heavy atom. The van der Waals surface area contributed by atoms with E-state index in [0.29, 0.717) is 19.6 Å². The topological polar surface area (TPSA) is 112 Å². The van der Waals surface area contributed by atoms with Crippen molar-refractivity contribution < 1.29 is 26.7 Å². The molecule has 1 fully saturated rings. The number of sulfone groups is 1. The fraction of sp³-hybridized carbons (Fsp3) is 0.900. The van der Waals surface area contributed by atoms with E-state index in [1.807, 2.05) is 4.90 Å². The van der Waals surface area contributed by atoms with Gasteiger partial charge in [-0.2, -0.15) is 4.31 Å². The highest BCUT2D eigenvalue weighted by atomic mass is 32.2. The summed E-state index contributed by atoms with van der Waals surface area (Å²) in [5, 5.41) is 8.58. The zero-order chi connectivity index (χ0) is 15.4. The Labute approximate surface area is 119 Å². The second-order valence-corrected chi connectivity index (χ2v) is 9.18. The van der Waals surface area contributed by atoms with E-state index in [1.165, 1.54) is 4.31 Å². The summed E-state index contributed by atoms with van der Waals surface area (Å²) >= 11 is 0. The van der Waals surface area contributed by atoms with Crippen LogP contribution in [0.25, 0.3) is 0 Å². The van der Waals surface area contributed by atoms with E-state index in [4.69, 9.17) is 5.11 Å². The number of carboxylic acid groups (broad SMARTS) is 1. The van der Waals surface area contributed by atoms with Crippen LogP contribution in [0.2, 0.25) is 0 Å². The van der Waals surface area contributed by atoms with E-state index < -0.39 is 31.6 Å². The lowest BCUT2D eigenvalue weighted by atomic mass is 10.3. The highest BCUT2D eigenvalue weighted by Gasteiger charge is 2.27. The van der Waals surface area contributed by atoms with Gasteiger partial charge in [0, 0.05) is 39.0 Å². The summed E-state index contributed by atoms with van der Waals surface area (Å²) < 4.78 is 47.2. The van der Waals surface area contributed by atoms with Gasteiger partial charge < -0.3 is 10.0 Å². The van der Waals surface area contributed by atoms with Gasteiger partial charge in [0.15, 0.2) is 0 Å². The Bertz CT molecular complexity index is 534. The molecule has 0 saturated carbocycles. The molecule has 0 radical (unpaired) electrons. The first-order chi connectivity index (χ1) is 9.10. The Kier molecular flexibility index (Phi) is 5.92. The molecule has 1 aliphatic heterocycles. The standard InChI is InChI=1S/C10H20N2O6S2/c1-19(15,16)8-9-20(17,18)12-6-4-11(5-7-12)3-2-10(13)14/h2-9H2,1H3,(H,13,14). The summed E-state index contributed by atoms with van der Waals surface area (Å²) in [6.07, 6.45) is 1.03. The van der Waals surface area contributed by atoms with Crippen molar-refractivity contribution in [3.05, 3.63) is 0 Å². The fourth-order valence-corrected chi connectivity index (χ4v) is 4.90. The van der Waals surface area contributed by atoms with E-state index in [1.54, 1.807) is 0 Å². The molecule has 0 unspecified atom stereocenters. The lowest BCUT2D eigenvalue weighted by Gasteiger charge is -2.33. The van der Waals surface area contributed by atoms with Gasteiger partial charge in [0.25, 0.3) is 0 Å². The molecule has 0 aromatic carbocycles. The van der Waals surface area contributed by atoms with Crippen molar-refractivity contribution in [3.8, 4) is 0 Å². The normalized spacial score (nSPS) is 19.1. The van der Waals surface area contributed by atoms with Crippen molar-refractivity contribution >= 4 is 25.8 Å². The van der Waals surface area contributed by atoms with Crippen molar-refractivity contribution in [3.63, 3.8) is 0 Å². The molecule has 0 atom stereocenters. The van der Waals surface area contributed by atoms with Crippen LogP contribution in [-0.2, 0) is 24.7 Å². The van der Waals surface area contributed by atoms with Crippen LogP contribution in [0.1, 0.15) is 6.42 Å². The van der Waals surface area contributed by atoms with Crippen molar-refractivity contribution in [2.24, 2.45) is 0 Å². The molecular formula is C10H20N2O6S2. The van der Waals surface area contributed by atoms with Crippen molar-refractivity contribution in [2.45, 2.75) is 6.42 Å². The summed E-state index contributed by atoms with van der Waals surface area (Å²) in [6.45, 7) is 1.86. The SMILES string of the molecule is CS(=O)(=O)CCS(=O)(=O)N1CCN(CCC(=O)O)CC1. The summed E-state index contributed by atoms with van der Waals surface area (Å²) in [7, 11) is -6.87. The van der Waals surface area contributed by atoms with Gasteiger partial charge in [0.1, 0.15) is 9.84 Å². The number of hydrogen-bond acceptors (Lipinski definition) is 6. The van der Waals surface area contributed by atoms with Crippen LogP contribution in [0, 0.1) is 0 Å². The van der Waals surface area contributed by atoms with E-state index in [-0.39, 0.29) is 25.3 Å². The maximum absolute atomic E-state index is 12.0. The largest absolute Gasteiger partial charge is 0.481 e. The number of sulfonamides is 1. The van der Waals surface area contributed by atoms with Crippen LogP contribution >= 0.6 is 0 Å². The molecule has 8 nitrogen and oxygen atoms in total. The van der Waals surface area contributed by atoms with E-state index >= 15 is 0 Å². The maximum Gasteiger partial charge on any atom is 0.304 e. The first-order valence-electron chi connectivity index (χ1n) is 6.20. The van der Waals surface area contributed by atoms with Crippen LogP contribution in [0.5, 0.6) is 0 Å². The summed E-state index contributed by atoms with van der Waals surface area (Å²) in [5.74, 6) is -1.66. The number of rotatable bonds is 7. The van der Waals surface area contributed by atoms with E-state index in [2.05, 4.69) is 0 Å². The second kappa shape index (κ2) is 6.83. The molecule has 0 aliphatic carbocycles. The minimum atomic E-state index is -3.56. The minimum Gasteiger partial charge on any atom is -0.481 e. The molecule has 1 N–H and O–H groups in total. The Morgan fingerprint density at radius 3 is 2.05 bits per heavy atom. The highest BCUT2D eigenvalue weighted by molar-refractivity contribution is 7.93. The van der Waals surface area contributed by atoms with Crippen molar-refractivity contribution in [2.75, 3.05) is 50.5 Å². The number of nitrogens with zero attached hydrogens (tertiary/aromatic N) is 2. The molecule has 0 aromatic heterocycles. The van der Waals surface area contributed by atoms with Gasteiger partial charge in [-0.15, -0.1) is 0 Å². The third-order valence-corrected chi connectivity index (χ3v) is 6.15. The predicted octanol–water partition coefficient (Wildman–Crippen LogP) is -1.55. The number of piperazine rings is 1. The molecule has 1 saturated heterocycles. The predicted molar refractivity (Wildman–Crippen MR) is 73.8 cm³/mol. The molecule has 1 aliphatic rings. The first kappa shape index (κ1) is 17.3. The second-order valence-electron chi connectivity index (χ2n) is 4.83. The zero-order valence-corrected chi connectivity index (χ0v) is 13.0. The quantitative estimate of drug-likeness (QED) is 0.602. The molecule has 20 heavy (non-hydrogen) atoms. The summed E-state index contributed by atoms with van der Waals surface area (Å²) in [4.78, 5) is 12.3. The number of carbonyl (C=O) groups is 1. The van der Waals surface area contributed by atoms with Crippen LogP contribution in [0.15, 0.2) is 0 Å². The summed E-state index contributed by atoms with van der Waals surface area (Å²) in [6, 6.07) is 0.